The fourth-order valence-electron chi connectivity index (χ4n) is 7.24. The lowest BCUT2D eigenvalue weighted by Gasteiger charge is -2.44. The van der Waals surface area contributed by atoms with Crippen LogP contribution in [0.5, 0.6) is 0 Å². The number of amides is 1. The Kier molecular flexibility index (Phi) is 19.6. The standard InChI is InChI=1S/C39H67FN2O11/c1-14-17-22(4)33(41-32(46)16-3)25(7)29(19-18-28(45)21-43)39(11,49)31(15-2)53-37(48)38(10,40)35(47)24(6)26(8)51-36-34(52-27(9)44)30(42(12)13)20-23(5)50-36/h22-26,29-31,34,36,43,49H,14-21H2,1-13H3/b41-33+/t22-,23-,24-,25-,26+,29-,30+,31-,34-,36+,38+,39+/m1/s1. The molecule has 1 amide bonds. The van der Waals surface area contributed by atoms with E-state index >= 15 is 4.39 Å². The Morgan fingerprint density at radius 1 is 1.02 bits per heavy atom. The monoisotopic (exact) mass is 758 g/mol. The predicted octanol–water partition coefficient (Wildman–Crippen LogP) is 4.80. The molecule has 12 atom stereocenters. The third kappa shape index (κ3) is 13.3. The summed E-state index contributed by atoms with van der Waals surface area (Å²) in [4.78, 5) is 70.3. The van der Waals surface area contributed by atoms with Crippen molar-refractivity contribution in [1.29, 1.82) is 0 Å². The van der Waals surface area contributed by atoms with E-state index in [1.807, 2.05) is 39.8 Å². The second-order valence-corrected chi connectivity index (χ2v) is 15.3. The van der Waals surface area contributed by atoms with Crippen LogP contribution in [0, 0.1) is 23.7 Å². The van der Waals surface area contributed by atoms with Crippen molar-refractivity contribution in [3.8, 4) is 0 Å². The Morgan fingerprint density at radius 3 is 2.11 bits per heavy atom. The van der Waals surface area contributed by atoms with E-state index in [1.54, 1.807) is 20.8 Å². The zero-order valence-corrected chi connectivity index (χ0v) is 34.3. The Labute approximate surface area is 315 Å². The molecule has 0 aliphatic carbocycles. The van der Waals surface area contributed by atoms with Gasteiger partial charge in [0.2, 0.25) is 5.91 Å². The van der Waals surface area contributed by atoms with Crippen LogP contribution in [0.25, 0.3) is 0 Å². The average molecular weight is 759 g/mol. The second kappa shape index (κ2) is 21.4. The van der Waals surface area contributed by atoms with Crippen molar-refractivity contribution < 1.29 is 57.5 Å². The summed E-state index contributed by atoms with van der Waals surface area (Å²) in [6.07, 6.45) is -2.37. The molecule has 0 saturated carbocycles. The number of aliphatic imine (C=N–C) groups is 1. The van der Waals surface area contributed by atoms with Gasteiger partial charge >= 0.3 is 11.9 Å². The number of aliphatic hydroxyl groups is 2. The minimum atomic E-state index is -3.16. The number of aliphatic hydroxyl groups excluding tert-OH is 1. The Hall–Kier alpha value is -2.65. The van der Waals surface area contributed by atoms with Crippen LogP contribution >= 0.6 is 0 Å². The molecule has 1 aliphatic rings. The summed E-state index contributed by atoms with van der Waals surface area (Å²) in [5, 5.41) is 21.6. The van der Waals surface area contributed by atoms with Gasteiger partial charge in [0.25, 0.3) is 5.67 Å². The van der Waals surface area contributed by atoms with Gasteiger partial charge in [-0.2, -0.15) is 0 Å². The number of hydrogen-bond acceptors (Lipinski definition) is 12. The molecule has 306 valence electrons. The number of Topliss-reactive ketones (excluding diaryl/α,β-unsaturated/α-hetero) is 2. The normalized spacial score (nSPS) is 25.2. The van der Waals surface area contributed by atoms with Crippen molar-refractivity contribution in [2.24, 2.45) is 28.7 Å². The number of carbonyl (C=O) groups is 5. The molecule has 0 radical (unpaired) electrons. The maximum absolute atomic E-state index is 16.4. The highest BCUT2D eigenvalue weighted by Gasteiger charge is 2.52. The Morgan fingerprint density at radius 2 is 1.62 bits per heavy atom. The molecule has 2 N–H and O–H groups in total. The molecule has 1 heterocycles. The number of nitrogens with zero attached hydrogens (tertiary/aromatic N) is 2. The number of hydrogen-bond donors (Lipinski definition) is 2. The summed E-state index contributed by atoms with van der Waals surface area (Å²) in [5.41, 5.74) is -4.53. The summed E-state index contributed by atoms with van der Waals surface area (Å²) in [7, 11) is 3.66. The minimum Gasteiger partial charge on any atom is -0.457 e. The lowest BCUT2D eigenvalue weighted by molar-refractivity contribution is -0.274. The van der Waals surface area contributed by atoms with E-state index < -0.39 is 83.7 Å². The number of ketones is 2. The molecule has 0 aromatic rings. The summed E-state index contributed by atoms with van der Waals surface area (Å²) in [5.74, 6) is -6.76. The van der Waals surface area contributed by atoms with E-state index in [-0.39, 0.29) is 49.7 Å². The molecule has 0 bridgehead atoms. The molecule has 1 aliphatic heterocycles. The quantitative estimate of drug-likeness (QED) is 0.0877. The number of halogens is 1. The summed E-state index contributed by atoms with van der Waals surface area (Å²) in [6, 6.07) is -0.260. The van der Waals surface area contributed by atoms with Gasteiger partial charge in [0.1, 0.15) is 18.3 Å². The molecule has 1 fully saturated rings. The lowest BCUT2D eigenvalue weighted by Crippen LogP contribution is -2.57. The van der Waals surface area contributed by atoms with Gasteiger partial charge in [0.05, 0.1) is 18.2 Å². The fraction of sp³-hybridized carbons (Fsp3) is 0.846. The molecule has 0 aromatic heterocycles. The maximum atomic E-state index is 16.4. The first kappa shape index (κ1) is 48.4. The van der Waals surface area contributed by atoms with Crippen LogP contribution in [0.4, 0.5) is 4.39 Å². The summed E-state index contributed by atoms with van der Waals surface area (Å²) in [6.45, 7) is 16.6. The zero-order chi connectivity index (χ0) is 41.0. The molecule has 14 heteroatoms. The molecule has 0 aromatic carbocycles. The van der Waals surface area contributed by atoms with Crippen LogP contribution in [0.3, 0.4) is 0 Å². The number of alkyl halides is 1. The molecule has 1 saturated heterocycles. The number of rotatable bonds is 22. The van der Waals surface area contributed by atoms with Gasteiger partial charge in [-0.3, -0.25) is 19.2 Å². The van der Waals surface area contributed by atoms with E-state index in [0.29, 0.717) is 18.6 Å². The van der Waals surface area contributed by atoms with Crippen LogP contribution in [-0.2, 0) is 42.9 Å². The van der Waals surface area contributed by atoms with E-state index in [0.717, 1.165) is 13.3 Å². The van der Waals surface area contributed by atoms with Crippen molar-refractivity contribution in [3.63, 3.8) is 0 Å². The average Bonchev–Trinajstić information content (AvgIpc) is 3.08. The van der Waals surface area contributed by atoms with Crippen LogP contribution in [-0.4, -0.2) is 119 Å². The van der Waals surface area contributed by atoms with E-state index in [9.17, 15) is 34.2 Å². The van der Waals surface area contributed by atoms with Crippen LogP contribution in [0.1, 0.15) is 121 Å². The molecular weight excluding hydrogens is 691 g/mol. The predicted molar refractivity (Wildman–Crippen MR) is 198 cm³/mol. The molecule has 0 spiro atoms. The van der Waals surface area contributed by atoms with Gasteiger partial charge in [-0.15, -0.1) is 0 Å². The first-order valence-electron chi connectivity index (χ1n) is 19.1. The van der Waals surface area contributed by atoms with E-state index in [2.05, 4.69) is 4.99 Å². The van der Waals surface area contributed by atoms with Gasteiger partial charge < -0.3 is 34.1 Å². The maximum Gasteiger partial charge on any atom is 0.351 e. The van der Waals surface area contributed by atoms with Gasteiger partial charge in [0, 0.05) is 37.3 Å². The van der Waals surface area contributed by atoms with Crippen molar-refractivity contribution in [3.05, 3.63) is 0 Å². The van der Waals surface area contributed by atoms with Gasteiger partial charge in [-0.1, -0.05) is 48.0 Å². The molecule has 0 unspecified atom stereocenters. The Bertz CT molecular complexity index is 1270. The SMILES string of the molecule is CCC[C@@H](C)/C(=N\C(=O)CC)[C@H](C)[C@@H](CCC(=O)CO)[C@](C)(O)[C@@H](CC)OC(=O)[C@@](C)(F)C(=O)[C@H](C)[C@H](C)O[C@@H]1O[C@H](C)C[C@H](N(C)C)[C@H]1OC(C)=O. The van der Waals surface area contributed by atoms with Crippen molar-refractivity contribution in [1.82, 2.24) is 4.90 Å². The number of esters is 2. The topological polar surface area (TPSA) is 178 Å². The third-order valence-corrected chi connectivity index (χ3v) is 10.7. The van der Waals surface area contributed by atoms with E-state index in [4.69, 9.17) is 18.9 Å². The number of carbonyl (C=O) groups excluding carboxylic acids is 5. The summed E-state index contributed by atoms with van der Waals surface area (Å²) < 4.78 is 39.6. The minimum absolute atomic E-state index is 0.0158. The van der Waals surface area contributed by atoms with Gasteiger partial charge in [-0.25, -0.2) is 14.2 Å². The Balaban J connectivity index is 3.40. The van der Waals surface area contributed by atoms with Gasteiger partial charge in [0.15, 0.2) is 24.0 Å². The molecule has 1 rings (SSSR count). The lowest BCUT2D eigenvalue weighted by atomic mass is 9.69. The molecular formula is C39H67FN2O11. The summed E-state index contributed by atoms with van der Waals surface area (Å²) >= 11 is 0. The highest BCUT2D eigenvalue weighted by Crippen LogP contribution is 2.38. The zero-order valence-electron chi connectivity index (χ0n) is 34.3. The van der Waals surface area contributed by atoms with E-state index in [1.165, 1.54) is 27.7 Å². The van der Waals surface area contributed by atoms with Crippen molar-refractivity contribution in [2.75, 3.05) is 20.7 Å². The van der Waals surface area contributed by atoms with Crippen LogP contribution in [0.15, 0.2) is 4.99 Å². The number of likely N-dealkylation sites (N-methyl/N-ethyl adjacent to an activating group) is 1. The number of ether oxygens (including phenoxy) is 4. The van der Waals surface area contributed by atoms with Crippen LogP contribution in [0.2, 0.25) is 0 Å². The third-order valence-electron chi connectivity index (χ3n) is 10.7. The van der Waals surface area contributed by atoms with Crippen molar-refractivity contribution in [2.45, 2.75) is 169 Å². The highest BCUT2D eigenvalue weighted by molar-refractivity contribution is 6.07. The largest absolute Gasteiger partial charge is 0.457 e. The van der Waals surface area contributed by atoms with Crippen molar-refractivity contribution >= 4 is 35.1 Å². The van der Waals surface area contributed by atoms with Crippen LogP contribution < -0.4 is 0 Å². The first-order valence-corrected chi connectivity index (χ1v) is 19.1. The highest BCUT2D eigenvalue weighted by atomic mass is 19.1. The first-order chi connectivity index (χ1) is 24.5. The molecule has 13 nitrogen and oxygen atoms in total. The second-order valence-electron chi connectivity index (χ2n) is 15.3. The fourth-order valence-corrected chi connectivity index (χ4v) is 7.24. The van der Waals surface area contributed by atoms with Gasteiger partial charge in [-0.05, 0) is 79.3 Å². The molecule has 53 heavy (non-hydrogen) atoms. The smallest absolute Gasteiger partial charge is 0.351 e.